The summed E-state index contributed by atoms with van der Waals surface area (Å²) >= 11 is 0. The van der Waals surface area contributed by atoms with E-state index in [9.17, 15) is 0 Å². The monoisotopic (exact) mass is 262 g/mol. The fraction of sp³-hybridized carbons (Fsp3) is 0.333. The number of rotatable bonds is 4. The van der Waals surface area contributed by atoms with Gasteiger partial charge in [-0.2, -0.15) is 0 Å². The van der Waals surface area contributed by atoms with Crippen molar-refractivity contribution in [3.05, 3.63) is 42.5 Å². The summed E-state index contributed by atoms with van der Waals surface area (Å²) in [4.78, 5) is 2.07. The van der Waals surface area contributed by atoms with E-state index in [0.29, 0.717) is 0 Å². The third-order valence-electron chi connectivity index (χ3n) is 2.26. The van der Waals surface area contributed by atoms with Crippen molar-refractivity contribution >= 4 is 30.5 Å². The molecule has 0 fully saturated rings. The van der Waals surface area contributed by atoms with Crippen LogP contribution in [0, 0.1) is 0 Å². The molecule has 16 heavy (non-hydrogen) atoms. The molecule has 2 N–H and O–H groups in total. The van der Waals surface area contributed by atoms with E-state index in [4.69, 9.17) is 5.73 Å². The number of halogens is 2. The normalized spacial score (nSPS) is 10.7. The van der Waals surface area contributed by atoms with Crippen LogP contribution in [-0.2, 0) is 0 Å². The molecule has 1 aromatic carbocycles. The fourth-order valence-corrected chi connectivity index (χ4v) is 1.34. The Kier molecular flexibility index (Phi) is 9.34. The third-order valence-corrected chi connectivity index (χ3v) is 2.26. The van der Waals surface area contributed by atoms with E-state index >= 15 is 0 Å². The molecule has 0 radical (unpaired) electrons. The van der Waals surface area contributed by atoms with Gasteiger partial charge in [0, 0.05) is 25.8 Å². The van der Waals surface area contributed by atoms with Crippen molar-refractivity contribution in [1.29, 1.82) is 0 Å². The third kappa shape index (κ3) is 4.88. The lowest BCUT2D eigenvalue weighted by atomic mass is 10.0. The molecule has 0 heterocycles. The zero-order chi connectivity index (χ0) is 10.6. The van der Waals surface area contributed by atoms with E-state index in [2.05, 4.69) is 35.7 Å². The van der Waals surface area contributed by atoms with Gasteiger partial charge in [0.15, 0.2) is 0 Å². The average Bonchev–Trinajstić information content (AvgIpc) is 2.18. The number of benzene rings is 1. The van der Waals surface area contributed by atoms with Crippen LogP contribution in [0.1, 0.15) is 18.0 Å². The maximum atomic E-state index is 5.95. The van der Waals surface area contributed by atoms with E-state index in [-0.39, 0.29) is 30.9 Å². The largest absolute Gasteiger partial charge is 0.378 e. The standard InChI is InChI=1S/C12H18N2.2ClH/c1-4-5-12(13)10-6-8-11(9-7-10)14(2)3;;/h4,6-9,12H,1,5,13H2,2-3H3;2*1H. The summed E-state index contributed by atoms with van der Waals surface area (Å²) in [6.45, 7) is 3.68. The fourth-order valence-electron chi connectivity index (χ4n) is 1.34. The van der Waals surface area contributed by atoms with E-state index in [0.717, 1.165) is 12.0 Å². The van der Waals surface area contributed by atoms with Gasteiger partial charge in [-0.3, -0.25) is 0 Å². The van der Waals surface area contributed by atoms with Gasteiger partial charge in [0.05, 0.1) is 0 Å². The maximum Gasteiger partial charge on any atom is 0.0361 e. The van der Waals surface area contributed by atoms with Crippen LogP contribution in [0.2, 0.25) is 0 Å². The van der Waals surface area contributed by atoms with Gasteiger partial charge in [0.25, 0.3) is 0 Å². The molecule has 92 valence electrons. The molecule has 0 saturated heterocycles. The lowest BCUT2D eigenvalue weighted by Crippen LogP contribution is -2.11. The zero-order valence-electron chi connectivity index (χ0n) is 9.72. The molecular weight excluding hydrogens is 243 g/mol. The van der Waals surface area contributed by atoms with E-state index < -0.39 is 0 Å². The molecule has 2 nitrogen and oxygen atoms in total. The van der Waals surface area contributed by atoms with Crippen LogP contribution in [0.4, 0.5) is 5.69 Å². The molecule has 1 atom stereocenters. The van der Waals surface area contributed by atoms with Gasteiger partial charge in [-0.05, 0) is 24.1 Å². The Morgan fingerprint density at radius 2 is 1.75 bits per heavy atom. The molecule has 0 aromatic heterocycles. The molecule has 4 heteroatoms. The van der Waals surface area contributed by atoms with Crippen molar-refractivity contribution in [1.82, 2.24) is 0 Å². The van der Waals surface area contributed by atoms with Crippen molar-refractivity contribution in [2.24, 2.45) is 5.73 Å². The zero-order valence-corrected chi connectivity index (χ0v) is 11.4. The summed E-state index contributed by atoms with van der Waals surface area (Å²) in [7, 11) is 4.05. The molecule has 0 aliphatic heterocycles. The van der Waals surface area contributed by atoms with E-state index in [1.54, 1.807) is 0 Å². The first-order valence-electron chi connectivity index (χ1n) is 4.79. The Morgan fingerprint density at radius 3 is 2.12 bits per heavy atom. The highest BCUT2D eigenvalue weighted by Crippen LogP contribution is 2.18. The Bertz CT molecular complexity index is 296. The highest BCUT2D eigenvalue weighted by molar-refractivity contribution is 5.85. The second-order valence-electron chi connectivity index (χ2n) is 3.62. The molecular formula is C12H20Cl2N2. The summed E-state index contributed by atoms with van der Waals surface area (Å²) < 4.78 is 0. The summed E-state index contributed by atoms with van der Waals surface area (Å²) in [5, 5.41) is 0. The number of nitrogens with zero attached hydrogens (tertiary/aromatic N) is 1. The SMILES string of the molecule is C=CCC(N)c1ccc(N(C)C)cc1.Cl.Cl. The Labute approximate surface area is 110 Å². The van der Waals surface area contributed by atoms with Gasteiger partial charge in [-0.15, -0.1) is 31.4 Å². The number of nitrogens with two attached hydrogens (primary N) is 1. The van der Waals surface area contributed by atoms with Crippen LogP contribution in [0.15, 0.2) is 36.9 Å². The average molecular weight is 263 g/mol. The first-order chi connectivity index (χ1) is 6.65. The predicted octanol–water partition coefficient (Wildman–Crippen LogP) is 3.17. The van der Waals surface area contributed by atoms with Gasteiger partial charge < -0.3 is 10.6 Å². The summed E-state index contributed by atoms with van der Waals surface area (Å²) in [6.07, 6.45) is 2.67. The van der Waals surface area contributed by atoms with Crippen LogP contribution in [0.3, 0.4) is 0 Å². The van der Waals surface area contributed by atoms with Crippen LogP contribution in [0.25, 0.3) is 0 Å². The summed E-state index contributed by atoms with van der Waals surface area (Å²) in [6, 6.07) is 8.38. The number of anilines is 1. The highest BCUT2D eigenvalue weighted by atomic mass is 35.5. The second-order valence-corrected chi connectivity index (χ2v) is 3.62. The van der Waals surface area contributed by atoms with Crippen LogP contribution in [0.5, 0.6) is 0 Å². The first-order valence-corrected chi connectivity index (χ1v) is 4.79. The van der Waals surface area contributed by atoms with E-state index in [1.165, 1.54) is 5.69 Å². The summed E-state index contributed by atoms with van der Waals surface area (Å²) in [5.74, 6) is 0. The van der Waals surface area contributed by atoms with Crippen molar-refractivity contribution in [2.75, 3.05) is 19.0 Å². The minimum atomic E-state index is 0. The molecule has 1 rings (SSSR count). The molecule has 1 unspecified atom stereocenters. The minimum absolute atomic E-state index is 0. The van der Waals surface area contributed by atoms with Crippen molar-refractivity contribution in [3.8, 4) is 0 Å². The molecule has 0 bridgehead atoms. The Morgan fingerprint density at radius 1 is 1.25 bits per heavy atom. The number of hydrogen-bond donors (Lipinski definition) is 1. The van der Waals surface area contributed by atoms with Crippen molar-refractivity contribution < 1.29 is 0 Å². The lowest BCUT2D eigenvalue weighted by molar-refractivity contribution is 0.742. The molecule has 0 aliphatic carbocycles. The van der Waals surface area contributed by atoms with Gasteiger partial charge in [-0.1, -0.05) is 18.2 Å². The van der Waals surface area contributed by atoms with Crippen molar-refractivity contribution in [3.63, 3.8) is 0 Å². The van der Waals surface area contributed by atoms with Gasteiger partial charge in [0.2, 0.25) is 0 Å². The van der Waals surface area contributed by atoms with Crippen LogP contribution < -0.4 is 10.6 Å². The minimum Gasteiger partial charge on any atom is -0.378 e. The van der Waals surface area contributed by atoms with Crippen molar-refractivity contribution in [2.45, 2.75) is 12.5 Å². The first kappa shape index (κ1) is 17.7. The topological polar surface area (TPSA) is 29.3 Å². The van der Waals surface area contributed by atoms with E-state index in [1.807, 2.05) is 20.2 Å². The quantitative estimate of drug-likeness (QED) is 0.845. The maximum absolute atomic E-state index is 5.95. The smallest absolute Gasteiger partial charge is 0.0361 e. The molecule has 0 aliphatic rings. The highest BCUT2D eigenvalue weighted by Gasteiger charge is 2.03. The molecule has 0 amide bonds. The molecule has 0 spiro atoms. The van der Waals surface area contributed by atoms with Gasteiger partial charge >= 0.3 is 0 Å². The van der Waals surface area contributed by atoms with Gasteiger partial charge in [0.1, 0.15) is 0 Å². The Hall–Kier alpha value is -0.700. The number of hydrogen-bond acceptors (Lipinski definition) is 2. The summed E-state index contributed by atoms with van der Waals surface area (Å²) in [5.41, 5.74) is 8.30. The predicted molar refractivity (Wildman–Crippen MR) is 77.0 cm³/mol. The molecule has 0 saturated carbocycles. The molecule has 1 aromatic rings. The van der Waals surface area contributed by atoms with Crippen LogP contribution >= 0.6 is 24.8 Å². The second kappa shape index (κ2) is 8.45. The van der Waals surface area contributed by atoms with Crippen LogP contribution in [-0.4, -0.2) is 14.1 Å². The van der Waals surface area contributed by atoms with Gasteiger partial charge in [-0.25, -0.2) is 0 Å². The lowest BCUT2D eigenvalue weighted by Gasteiger charge is -2.14. The Balaban J connectivity index is 0.